The van der Waals surface area contributed by atoms with Crippen molar-refractivity contribution in [1.82, 2.24) is 4.90 Å². The number of halogens is 1. The Balaban J connectivity index is 1.84. The van der Waals surface area contributed by atoms with Gasteiger partial charge < -0.3 is 10.2 Å². The van der Waals surface area contributed by atoms with Crippen molar-refractivity contribution in [3.63, 3.8) is 0 Å². The van der Waals surface area contributed by atoms with Gasteiger partial charge in [-0.1, -0.05) is 23.7 Å². The van der Waals surface area contributed by atoms with Crippen LogP contribution in [0.3, 0.4) is 0 Å². The highest BCUT2D eigenvalue weighted by Crippen LogP contribution is 2.26. The van der Waals surface area contributed by atoms with Gasteiger partial charge in [0.25, 0.3) is 17.5 Å². The predicted octanol–water partition coefficient (Wildman–Crippen LogP) is 4.13. The summed E-state index contributed by atoms with van der Waals surface area (Å²) in [5, 5.41) is 13.6. The average molecular weight is 388 g/mol. The van der Waals surface area contributed by atoms with Crippen LogP contribution in [0, 0.1) is 10.1 Å². The van der Waals surface area contributed by atoms with Crippen LogP contribution in [0.25, 0.3) is 0 Å². The molecule has 2 amide bonds. The van der Waals surface area contributed by atoms with Crippen molar-refractivity contribution in [2.24, 2.45) is 0 Å². The minimum Gasteiger partial charge on any atom is -0.339 e. The largest absolute Gasteiger partial charge is 0.339 e. The first-order chi connectivity index (χ1) is 13.0. The second kappa shape index (κ2) is 8.18. The van der Waals surface area contributed by atoms with E-state index in [2.05, 4.69) is 5.32 Å². The number of hydrogen-bond acceptors (Lipinski definition) is 4. The highest BCUT2D eigenvalue weighted by Gasteiger charge is 2.22. The van der Waals surface area contributed by atoms with E-state index in [1.54, 1.807) is 29.2 Å². The van der Waals surface area contributed by atoms with E-state index in [9.17, 15) is 19.7 Å². The van der Waals surface area contributed by atoms with E-state index in [1.807, 2.05) is 0 Å². The molecule has 0 saturated carbocycles. The third-order valence-electron chi connectivity index (χ3n) is 4.45. The van der Waals surface area contributed by atoms with Crippen LogP contribution in [0.5, 0.6) is 0 Å². The first-order valence-corrected chi connectivity index (χ1v) is 8.99. The quantitative estimate of drug-likeness (QED) is 0.630. The normalized spacial score (nSPS) is 13.9. The Kier molecular flexibility index (Phi) is 5.71. The van der Waals surface area contributed by atoms with Gasteiger partial charge in [-0.3, -0.25) is 19.7 Å². The molecule has 7 nitrogen and oxygen atoms in total. The number of nitrogens with one attached hydrogen (secondary N) is 1. The minimum atomic E-state index is -0.646. The van der Waals surface area contributed by atoms with Crippen molar-refractivity contribution in [2.45, 2.75) is 19.3 Å². The lowest BCUT2D eigenvalue weighted by atomic mass is 10.1. The van der Waals surface area contributed by atoms with E-state index in [1.165, 1.54) is 12.1 Å². The summed E-state index contributed by atoms with van der Waals surface area (Å²) in [7, 11) is 0. The van der Waals surface area contributed by atoms with Crippen molar-refractivity contribution >= 4 is 34.8 Å². The van der Waals surface area contributed by atoms with Crippen LogP contribution in [-0.4, -0.2) is 34.7 Å². The average Bonchev–Trinajstić information content (AvgIpc) is 2.68. The van der Waals surface area contributed by atoms with E-state index in [0.717, 1.165) is 25.3 Å². The Bertz CT molecular complexity index is 894. The number of amides is 2. The van der Waals surface area contributed by atoms with Crippen LogP contribution in [0.1, 0.15) is 40.0 Å². The van der Waals surface area contributed by atoms with Gasteiger partial charge in [-0.25, -0.2) is 0 Å². The summed E-state index contributed by atoms with van der Waals surface area (Å²) in [4.78, 5) is 37.5. The number of piperidine rings is 1. The first-order valence-electron chi connectivity index (χ1n) is 8.61. The zero-order valence-corrected chi connectivity index (χ0v) is 15.2. The number of anilines is 1. The van der Waals surface area contributed by atoms with Gasteiger partial charge >= 0.3 is 0 Å². The number of carbonyl (C=O) groups excluding carboxylic acids is 2. The molecule has 1 N–H and O–H groups in total. The Hall–Kier alpha value is -2.93. The predicted molar refractivity (Wildman–Crippen MR) is 102 cm³/mol. The number of hydrogen-bond donors (Lipinski definition) is 1. The first kappa shape index (κ1) is 18.8. The fraction of sp³-hybridized carbons (Fsp3) is 0.263. The molecular weight excluding hydrogens is 370 g/mol. The van der Waals surface area contributed by atoms with Crippen LogP contribution in [0.4, 0.5) is 11.4 Å². The number of likely N-dealkylation sites (tertiary alicyclic amines) is 1. The fourth-order valence-electron chi connectivity index (χ4n) is 3.03. The topological polar surface area (TPSA) is 92.6 Å². The number of para-hydroxylation sites is 1. The molecule has 0 aliphatic carbocycles. The van der Waals surface area contributed by atoms with Gasteiger partial charge in [0.15, 0.2) is 0 Å². The third-order valence-corrected chi connectivity index (χ3v) is 4.77. The van der Waals surface area contributed by atoms with Gasteiger partial charge in [0.05, 0.1) is 16.2 Å². The molecular formula is C19H18ClN3O4. The molecule has 0 spiro atoms. The molecule has 2 aromatic carbocycles. The highest BCUT2D eigenvalue weighted by molar-refractivity contribution is 6.32. The molecule has 0 unspecified atom stereocenters. The van der Waals surface area contributed by atoms with Crippen molar-refractivity contribution in [3.05, 3.63) is 68.7 Å². The van der Waals surface area contributed by atoms with Crippen molar-refractivity contribution in [2.75, 3.05) is 18.4 Å². The summed E-state index contributed by atoms with van der Waals surface area (Å²) >= 11 is 5.79. The van der Waals surface area contributed by atoms with E-state index in [4.69, 9.17) is 11.6 Å². The zero-order chi connectivity index (χ0) is 19.4. The van der Waals surface area contributed by atoms with Crippen LogP contribution >= 0.6 is 11.6 Å². The lowest BCUT2D eigenvalue weighted by Gasteiger charge is -2.27. The van der Waals surface area contributed by atoms with E-state index < -0.39 is 10.8 Å². The molecule has 2 aromatic rings. The minimum absolute atomic E-state index is 0.0442. The van der Waals surface area contributed by atoms with Gasteiger partial charge in [0.2, 0.25) is 0 Å². The Morgan fingerprint density at radius 2 is 1.78 bits per heavy atom. The smallest absolute Gasteiger partial charge is 0.288 e. The Morgan fingerprint density at radius 3 is 2.48 bits per heavy atom. The number of carbonyl (C=O) groups is 2. The Labute approximate surface area is 161 Å². The summed E-state index contributed by atoms with van der Waals surface area (Å²) in [6.07, 6.45) is 3.04. The molecule has 1 aliphatic heterocycles. The monoisotopic (exact) mass is 387 g/mol. The van der Waals surface area contributed by atoms with Crippen molar-refractivity contribution in [3.8, 4) is 0 Å². The second-order valence-corrected chi connectivity index (χ2v) is 6.68. The van der Waals surface area contributed by atoms with Crippen LogP contribution in [0.15, 0.2) is 42.5 Å². The molecule has 3 rings (SSSR count). The number of benzene rings is 2. The van der Waals surface area contributed by atoms with Gasteiger partial charge in [0.1, 0.15) is 5.02 Å². The van der Waals surface area contributed by atoms with Crippen molar-refractivity contribution < 1.29 is 14.5 Å². The number of nitrogens with zero attached hydrogens (tertiary/aromatic N) is 2. The third kappa shape index (κ3) is 4.25. The van der Waals surface area contributed by atoms with Crippen LogP contribution < -0.4 is 5.32 Å². The van der Waals surface area contributed by atoms with Gasteiger partial charge in [-0.15, -0.1) is 0 Å². The Morgan fingerprint density at radius 1 is 1.07 bits per heavy atom. The summed E-state index contributed by atoms with van der Waals surface area (Å²) in [5.74, 6) is -0.679. The molecule has 0 radical (unpaired) electrons. The zero-order valence-electron chi connectivity index (χ0n) is 14.5. The number of nitro groups is 1. The maximum absolute atomic E-state index is 12.8. The number of rotatable bonds is 4. The summed E-state index contributed by atoms with van der Waals surface area (Å²) in [5.41, 5.74) is 0.514. The van der Waals surface area contributed by atoms with Gasteiger partial charge in [0, 0.05) is 24.7 Å². The van der Waals surface area contributed by atoms with Gasteiger partial charge in [-0.05, 0) is 43.5 Å². The highest BCUT2D eigenvalue weighted by atomic mass is 35.5. The van der Waals surface area contributed by atoms with Crippen molar-refractivity contribution in [1.29, 1.82) is 0 Å². The van der Waals surface area contributed by atoms with Crippen LogP contribution in [0.2, 0.25) is 5.02 Å². The molecule has 140 valence electrons. The van der Waals surface area contributed by atoms with E-state index in [-0.39, 0.29) is 22.2 Å². The maximum Gasteiger partial charge on any atom is 0.288 e. The lowest BCUT2D eigenvalue weighted by molar-refractivity contribution is -0.384. The molecule has 27 heavy (non-hydrogen) atoms. The molecule has 0 aromatic heterocycles. The van der Waals surface area contributed by atoms with Gasteiger partial charge in [-0.2, -0.15) is 0 Å². The van der Waals surface area contributed by atoms with E-state index in [0.29, 0.717) is 24.3 Å². The lowest BCUT2D eigenvalue weighted by Crippen LogP contribution is -2.36. The molecule has 8 heteroatoms. The standard InChI is InChI=1S/C19H18ClN3O4/c20-15-9-8-13(12-17(15)23(26)27)18(24)21-16-7-3-2-6-14(16)19(25)22-10-4-1-5-11-22/h2-3,6-9,12H,1,4-5,10-11H2,(H,21,24). The molecule has 0 atom stereocenters. The summed E-state index contributed by atoms with van der Waals surface area (Å²) in [6.45, 7) is 1.40. The molecule has 1 heterocycles. The van der Waals surface area contributed by atoms with Crippen LogP contribution in [-0.2, 0) is 0 Å². The van der Waals surface area contributed by atoms with E-state index >= 15 is 0 Å². The molecule has 1 saturated heterocycles. The summed E-state index contributed by atoms with van der Waals surface area (Å²) in [6, 6.07) is 10.6. The molecule has 1 aliphatic rings. The maximum atomic E-state index is 12.8. The molecule has 1 fully saturated rings. The SMILES string of the molecule is O=C(Nc1ccccc1C(=O)N1CCCCC1)c1ccc(Cl)c([N+](=O)[O-])c1. The molecule has 0 bridgehead atoms. The summed E-state index contributed by atoms with van der Waals surface area (Å²) < 4.78 is 0. The second-order valence-electron chi connectivity index (χ2n) is 6.28. The number of nitro benzene ring substituents is 1. The fourth-order valence-corrected chi connectivity index (χ4v) is 3.22.